The SMILES string of the molecule is CC#CCn1c(N2CCCC(N)C2)nc2c1c(=O)n(CC(=O)c1ccccc1OCC(=O)N1CCCC1)c(=O)n2C. The normalized spacial score (nSPS) is 17.0. The van der Waals surface area contributed by atoms with E-state index in [2.05, 4.69) is 16.8 Å². The van der Waals surface area contributed by atoms with Gasteiger partial charge < -0.3 is 20.3 Å². The van der Waals surface area contributed by atoms with Gasteiger partial charge in [-0.05, 0) is 44.7 Å². The van der Waals surface area contributed by atoms with E-state index in [1.165, 1.54) is 11.6 Å². The average Bonchev–Trinajstić information content (AvgIpc) is 3.65. The van der Waals surface area contributed by atoms with Crippen LogP contribution in [-0.2, 0) is 24.9 Å². The summed E-state index contributed by atoms with van der Waals surface area (Å²) in [5.74, 6) is 5.96. The molecule has 2 aliphatic heterocycles. The molecule has 2 aromatic heterocycles. The average molecular weight is 562 g/mol. The number of amides is 1. The number of Topliss-reactive ketones (excluding diaryl/α,β-unsaturated/α-hetero) is 1. The van der Waals surface area contributed by atoms with Crippen molar-refractivity contribution in [2.45, 2.75) is 51.7 Å². The number of carbonyl (C=O) groups is 2. The fourth-order valence-corrected chi connectivity index (χ4v) is 5.49. The summed E-state index contributed by atoms with van der Waals surface area (Å²) in [6, 6.07) is 6.50. The number of piperidine rings is 1. The zero-order valence-corrected chi connectivity index (χ0v) is 23.5. The van der Waals surface area contributed by atoms with Crippen molar-refractivity contribution in [3.8, 4) is 17.6 Å². The van der Waals surface area contributed by atoms with Gasteiger partial charge in [0.1, 0.15) is 5.75 Å². The highest BCUT2D eigenvalue weighted by atomic mass is 16.5. The Labute approximate surface area is 237 Å². The molecule has 2 aliphatic rings. The molecule has 12 nitrogen and oxygen atoms in total. The number of imidazole rings is 1. The molecule has 2 saturated heterocycles. The maximum absolute atomic E-state index is 13.8. The first-order valence-corrected chi connectivity index (χ1v) is 13.9. The number of nitrogens with zero attached hydrogens (tertiary/aromatic N) is 6. The number of hydrogen-bond acceptors (Lipinski definition) is 8. The lowest BCUT2D eigenvalue weighted by Gasteiger charge is -2.31. The summed E-state index contributed by atoms with van der Waals surface area (Å²) in [4.78, 5) is 61.6. The standard InChI is InChI=1S/C29H35N7O5/c1-3-4-16-35-25-26(31-28(35)34-15-9-10-20(30)17-34)32(2)29(40)36(27(25)39)18-22(37)21-11-5-6-12-23(21)41-19-24(38)33-13-7-8-14-33/h5-6,11-12,20H,7-10,13-19,30H2,1-2H3. The topological polar surface area (TPSA) is 138 Å². The molecule has 1 atom stereocenters. The Kier molecular flexibility index (Phi) is 8.26. The van der Waals surface area contributed by atoms with E-state index in [0.717, 1.165) is 30.3 Å². The Morgan fingerprint density at radius 3 is 2.59 bits per heavy atom. The molecule has 1 aromatic carbocycles. The number of ketones is 1. The van der Waals surface area contributed by atoms with Gasteiger partial charge in [0.05, 0.1) is 18.7 Å². The van der Waals surface area contributed by atoms with Gasteiger partial charge in [0.25, 0.3) is 11.5 Å². The Balaban J connectivity index is 1.49. The van der Waals surface area contributed by atoms with Crippen molar-refractivity contribution in [1.82, 2.24) is 23.6 Å². The van der Waals surface area contributed by atoms with Crippen LogP contribution in [0.1, 0.15) is 43.0 Å². The predicted octanol–water partition coefficient (Wildman–Crippen LogP) is 0.732. The van der Waals surface area contributed by atoms with Crippen LogP contribution in [0.5, 0.6) is 5.75 Å². The van der Waals surface area contributed by atoms with Gasteiger partial charge in [0.15, 0.2) is 23.6 Å². The van der Waals surface area contributed by atoms with Gasteiger partial charge in [-0.25, -0.2) is 4.79 Å². The first-order chi connectivity index (χ1) is 19.8. The number of likely N-dealkylation sites (tertiary alicyclic amines) is 1. The number of benzene rings is 1. The zero-order chi connectivity index (χ0) is 29.1. The number of para-hydroxylation sites is 1. The molecule has 5 rings (SSSR count). The minimum absolute atomic E-state index is 0.0275. The van der Waals surface area contributed by atoms with E-state index in [1.54, 1.807) is 40.7 Å². The van der Waals surface area contributed by atoms with Gasteiger partial charge in [-0.2, -0.15) is 4.98 Å². The van der Waals surface area contributed by atoms with Gasteiger partial charge in [-0.15, -0.1) is 5.92 Å². The number of anilines is 1. The van der Waals surface area contributed by atoms with E-state index in [9.17, 15) is 19.2 Å². The van der Waals surface area contributed by atoms with Crippen LogP contribution >= 0.6 is 0 Å². The summed E-state index contributed by atoms with van der Waals surface area (Å²) in [5, 5.41) is 0. The van der Waals surface area contributed by atoms with E-state index in [4.69, 9.17) is 10.5 Å². The number of ether oxygens (including phenoxy) is 1. The van der Waals surface area contributed by atoms with Crippen LogP contribution in [0.2, 0.25) is 0 Å². The Hall–Kier alpha value is -4.37. The molecule has 12 heteroatoms. The second-order valence-corrected chi connectivity index (χ2v) is 10.5. The van der Waals surface area contributed by atoms with Gasteiger partial charge in [-0.1, -0.05) is 18.1 Å². The Morgan fingerprint density at radius 1 is 1.10 bits per heavy atom. The first-order valence-electron chi connectivity index (χ1n) is 13.9. The summed E-state index contributed by atoms with van der Waals surface area (Å²) in [6.07, 6.45) is 3.71. The van der Waals surface area contributed by atoms with Crippen molar-refractivity contribution in [3.63, 3.8) is 0 Å². The van der Waals surface area contributed by atoms with E-state index in [1.807, 2.05) is 4.90 Å². The van der Waals surface area contributed by atoms with Crippen LogP contribution in [0.4, 0.5) is 5.95 Å². The molecule has 0 radical (unpaired) electrons. The van der Waals surface area contributed by atoms with E-state index in [-0.39, 0.29) is 47.6 Å². The molecule has 3 aromatic rings. The highest BCUT2D eigenvalue weighted by Crippen LogP contribution is 2.23. The molecule has 2 N–H and O–H groups in total. The predicted molar refractivity (Wildman–Crippen MR) is 154 cm³/mol. The lowest BCUT2D eigenvalue weighted by Crippen LogP contribution is -2.44. The van der Waals surface area contributed by atoms with Gasteiger partial charge in [0, 0.05) is 39.3 Å². The van der Waals surface area contributed by atoms with Gasteiger partial charge in [0.2, 0.25) is 5.95 Å². The van der Waals surface area contributed by atoms with Crippen LogP contribution in [0.3, 0.4) is 0 Å². The minimum Gasteiger partial charge on any atom is -0.483 e. The number of carbonyl (C=O) groups excluding carboxylic acids is 2. The van der Waals surface area contributed by atoms with Crippen LogP contribution < -0.4 is 26.6 Å². The smallest absolute Gasteiger partial charge is 0.332 e. The number of aromatic nitrogens is 4. The van der Waals surface area contributed by atoms with E-state index >= 15 is 0 Å². The zero-order valence-electron chi connectivity index (χ0n) is 23.5. The van der Waals surface area contributed by atoms with Crippen LogP contribution in [0.15, 0.2) is 33.9 Å². The lowest BCUT2D eigenvalue weighted by atomic mass is 10.1. The maximum atomic E-state index is 13.8. The van der Waals surface area contributed by atoms with Crippen molar-refractivity contribution < 1.29 is 14.3 Å². The summed E-state index contributed by atoms with van der Waals surface area (Å²) >= 11 is 0. The van der Waals surface area contributed by atoms with Crippen molar-refractivity contribution in [2.75, 3.05) is 37.7 Å². The highest BCUT2D eigenvalue weighted by Gasteiger charge is 2.27. The molecule has 0 bridgehead atoms. The van der Waals surface area contributed by atoms with Crippen molar-refractivity contribution in [1.29, 1.82) is 0 Å². The third kappa shape index (κ3) is 5.63. The Morgan fingerprint density at radius 2 is 1.85 bits per heavy atom. The number of aryl methyl sites for hydroxylation is 1. The highest BCUT2D eigenvalue weighted by molar-refractivity contribution is 5.98. The van der Waals surface area contributed by atoms with Gasteiger partial charge in [-0.3, -0.25) is 28.1 Å². The summed E-state index contributed by atoms with van der Waals surface area (Å²) in [6.45, 7) is 3.88. The molecule has 216 valence electrons. The van der Waals surface area contributed by atoms with Crippen molar-refractivity contribution >= 4 is 28.8 Å². The molecule has 2 fully saturated rings. The van der Waals surface area contributed by atoms with Crippen LogP contribution in [0.25, 0.3) is 11.2 Å². The molecule has 1 amide bonds. The molecule has 1 unspecified atom stereocenters. The quantitative estimate of drug-likeness (QED) is 0.314. The molecule has 41 heavy (non-hydrogen) atoms. The largest absolute Gasteiger partial charge is 0.483 e. The van der Waals surface area contributed by atoms with Crippen molar-refractivity contribution in [2.24, 2.45) is 12.8 Å². The van der Waals surface area contributed by atoms with Gasteiger partial charge >= 0.3 is 5.69 Å². The van der Waals surface area contributed by atoms with E-state index < -0.39 is 23.6 Å². The van der Waals surface area contributed by atoms with Crippen molar-refractivity contribution in [3.05, 3.63) is 50.7 Å². The maximum Gasteiger partial charge on any atom is 0.332 e. The minimum atomic E-state index is -0.661. The third-order valence-electron chi connectivity index (χ3n) is 7.67. The summed E-state index contributed by atoms with van der Waals surface area (Å²) in [5.41, 5.74) is 5.52. The second-order valence-electron chi connectivity index (χ2n) is 10.5. The second kappa shape index (κ2) is 12.0. The fraction of sp³-hybridized carbons (Fsp3) is 0.483. The summed E-state index contributed by atoms with van der Waals surface area (Å²) in [7, 11) is 1.53. The third-order valence-corrected chi connectivity index (χ3v) is 7.67. The number of hydrogen-bond donors (Lipinski definition) is 1. The Bertz CT molecular complexity index is 1650. The molecule has 0 spiro atoms. The first kappa shape index (κ1) is 28.2. The number of fused-ring (bicyclic) bond motifs is 1. The molecular formula is C29H35N7O5. The van der Waals surface area contributed by atoms with Crippen LogP contribution in [0, 0.1) is 11.8 Å². The monoisotopic (exact) mass is 561 g/mol. The molecule has 0 aliphatic carbocycles. The van der Waals surface area contributed by atoms with E-state index in [0.29, 0.717) is 32.1 Å². The number of rotatable bonds is 8. The lowest BCUT2D eigenvalue weighted by molar-refractivity contribution is -0.132. The summed E-state index contributed by atoms with van der Waals surface area (Å²) < 4.78 is 9.64. The van der Waals surface area contributed by atoms with Crippen LogP contribution in [-0.4, -0.2) is 74.1 Å². The molecular weight excluding hydrogens is 526 g/mol. The fourth-order valence-electron chi connectivity index (χ4n) is 5.49. The molecule has 0 saturated carbocycles. The molecule has 4 heterocycles. The number of nitrogens with two attached hydrogens (primary N) is 1.